The summed E-state index contributed by atoms with van der Waals surface area (Å²) in [5.74, 6) is -0.791. The van der Waals surface area contributed by atoms with Crippen molar-refractivity contribution in [3.63, 3.8) is 0 Å². The minimum absolute atomic E-state index is 0.0360. The van der Waals surface area contributed by atoms with Crippen molar-refractivity contribution in [1.82, 2.24) is 14.8 Å². The molecule has 0 radical (unpaired) electrons. The lowest BCUT2D eigenvalue weighted by Gasteiger charge is -2.16. The zero-order valence-electron chi connectivity index (χ0n) is 15.8. The Labute approximate surface area is 159 Å². The van der Waals surface area contributed by atoms with E-state index in [4.69, 9.17) is 4.74 Å². The fraction of sp³-hybridized carbons (Fsp3) is 0.316. The third-order valence-corrected chi connectivity index (χ3v) is 4.32. The van der Waals surface area contributed by atoms with Crippen LogP contribution in [-0.4, -0.2) is 26.8 Å². The Hall–Kier alpha value is -3.10. The van der Waals surface area contributed by atoms with Crippen LogP contribution in [0.2, 0.25) is 0 Å². The lowest BCUT2D eigenvalue weighted by Crippen LogP contribution is -2.30. The molecular formula is C19H19F3N4O2. The van der Waals surface area contributed by atoms with Crippen LogP contribution in [0.3, 0.4) is 0 Å². The molecule has 3 rings (SSSR count). The van der Waals surface area contributed by atoms with Gasteiger partial charge in [-0.15, -0.1) is 0 Å². The zero-order chi connectivity index (χ0) is 20.6. The largest absolute Gasteiger partial charge is 0.464 e. The number of para-hydroxylation sites is 1. The number of pyridine rings is 1. The number of nitrogens with one attached hydrogen (secondary N) is 1. The first-order valence-corrected chi connectivity index (χ1v) is 8.52. The van der Waals surface area contributed by atoms with Crippen LogP contribution in [-0.2, 0) is 18.0 Å². The summed E-state index contributed by atoms with van der Waals surface area (Å²) in [5, 5.41) is 6.62. The second kappa shape index (κ2) is 7.14. The number of amides is 1. The van der Waals surface area contributed by atoms with Gasteiger partial charge in [0.1, 0.15) is 0 Å². The van der Waals surface area contributed by atoms with Gasteiger partial charge in [-0.3, -0.25) is 9.48 Å². The lowest BCUT2D eigenvalue weighted by atomic mass is 10.1. The van der Waals surface area contributed by atoms with Crippen molar-refractivity contribution in [3.8, 4) is 5.88 Å². The quantitative estimate of drug-likeness (QED) is 0.728. The molecule has 1 amide bonds. The summed E-state index contributed by atoms with van der Waals surface area (Å²) < 4.78 is 47.2. The van der Waals surface area contributed by atoms with Crippen LogP contribution in [0.5, 0.6) is 5.88 Å². The van der Waals surface area contributed by atoms with Gasteiger partial charge in [0.2, 0.25) is 5.88 Å². The van der Waals surface area contributed by atoms with E-state index < -0.39 is 23.8 Å². The predicted octanol–water partition coefficient (Wildman–Crippen LogP) is 4.01. The molecule has 0 bridgehead atoms. The topological polar surface area (TPSA) is 69.0 Å². The highest BCUT2D eigenvalue weighted by Crippen LogP contribution is 2.37. The Bertz CT molecular complexity index is 1040. The van der Waals surface area contributed by atoms with E-state index >= 15 is 0 Å². The van der Waals surface area contributed by atoms with Crippen molar-refractivity contribution in [3.05, 3.63) is 47.2 Å². The molecular weight excluding hydrogens is 373 g/mol. The lowest BCUT2D eigenvalue weighted by molar-refractivity contribution is -0.136. The van der Waals surface area contributed by atoms with Crippen LogP contribution >= 0.6 is 0 Å². The van der Waals surface area contributed by atoms with Crippen molar-refractivity contribution >= 4 is 22.6 Å². The van der Waals surface area contributed by atoms with Crippen molar-refractivity contribution in [2.75, 3.05) is 5.32 Å². The summed E-state index contributed by atoms with van der Waals surface area (Å²) in [6.07, 6.45) is -5.67. The summed E-state index contributed by atoms with van der Waals surface area (Å²) in [7, 11) is 1.50. The number of hydrogen-bond acceptors (Lipinski definition) is 4. The molecule has 2 aromatic heterocycles. The number of carbonyl (C=O) groups excluding carboxylic acids is 1. The predicted molar refractivity (Wildman–Crippen MR) is 98.1 cm³/mol. The number of aromatic nitrogens is 3. The molecule has 1 atom stereocenters. The molecule has 3 aromatic rings. The van der Waals surface area contributed by atoms with Gasteiger partial charge >= 0.3 is 6.18 Å². The fourth-order valence-corrected chi connectivity index (χ4v) is 2.89. The van der Waals surface area contributed by atoms with E-state index in [9.17, 15) is 18.0 Å². The van der Waals surface area contributed by atoms with Gasteiger partial charge in [0.25, 0.3) is 5.91 Å². The van der Waals surface area contributed by atoms with Crippen molar-refractivity contribution in [2.24, 2.45) is 7.05 Å². The average Bonchev–Trinajstić information content (AvgIpc) is 2.89. The smallest absolute Gasteiger partial charge is 0.417 e. The standard InChI is InChI=1S/C19H19F3N4O2/c1-10-7-5-6-8-14(10)23-18(27)12(3)28-15-9-13(19(20,21)22)16-11(2)25-26(4)17(16)24-15/h5-9,12H,1-4H3,(H,23,27)/t12-/m0/s1. The molecule has 148 valence electrons. The normalized spacial score (nSPS) is 12.8. The van der Waals surface area contributed by atoms with Gasteiger partial charge < -0.3 is 10.1 Å². The number of hydrogen-bond donors (Lipinski definition) is 1. The number of alkyl halides is 3. The average molecular weight is 392 g/mol. The fourth-order valence-electron chi connectivity index (χ4n) is 2.89. The van der Waals surface area contributed by atoms with Crippen LogP contribution < -0.4 is 10.1 Å². The Morgan fingerprint density at radius 2 is 1.93 bits per heavy atom. The molecule has 0 aliphatic carbocycles. The summed E-state index contributed by atoms with van der Waals surface area (Å²) in [5.41, 5.74) is 0.810. The zero-order valence-corrected chi connectivity index (χ0v) is 15.8. The number of benzene rings is 1. The number of ether oxygens (including phenoxy) is 1. The maximum absolute atomic E-state index is 13.5. The van der Waals surface area contributed by atoms with Crippen LogP contribution in [0.15, 0.2) is 30.3 Å². The SMILES string of the molecule is Cc1ccccc1NC(=O)[C@H](C)Oc1cc(C(F)(F)F)c2c(C)nn(C)c2n1. The number of rotatable bonds is 4. The first-order valence-electron chi connectivity index (χ1n) is 8.52. The van der Waals surface area contributed by atoms with E-state index in [1.54, 1.807) is 12.1 Å². The Kier molecular flexibility index (Phi) is 5.01. The van der Waals surface area contributed by atoms with E-state index in [-0.39, 0.29) is 22.6 Å². The number of carbonyl (C=O) groups is 1. The molecule has 0 aliphatic rings. The van der Waals surface area contributed by atoms with Crippen LogP contribution in [0, 0.1) is 13.8 Å². The number of halogens is 3. The summed E-state index contributed by atoms with van der Waals surface area (Å²) in [4.78, 5) is 16.5. The van der Waals surface area contributed by atoms with Gasteiger partial charge in [0.05, 0.1) is 16.6 Å². The molecule has 9 heteroatoms. The molecule has 28 heavy (non-hydrogen) atoms. The molecule has 0 unspecified atom stereocenters. The van der Waals surface area contributed by atoms with E-state index in [1.165, 1.54) is 25.6 Å². The second-order valence-corrected chi connectivity index (χ2v) is 6.48. The summed E-state index contributed by atoms with van der Waals surface area (Å²) in [6, 6.07) is 7.96. The molecule has 6 nitrogen and oxygen atoms in total. The first-order chi connectivity index (χ1) is 13.1. The summed E-state index contributed by atoms with van der Waals surface area (Å²) in [6.45, 7) is 4.76. The van der Waals surface area contributed by atoms with Crippen LogP contribution in [0.4, 0.5) is 18.9 Å². The van der Waals surface area contributed by atoms with Crippen LogP contribution in [0.1, 0.15) is 23.7 Å². The maximum Gasteiger partial charge on any atom is 0.417 e. The minimum Gasteiger partial charge on any atom is -0.464 e. The van der Waals surface area contributed by atoms with Gasteiger partial charge in [-0.05, 0) is 32.4 Å². The van der Waals surface area contributed by atoms with E-state index in [0.717, 1.165) is 11.6 Å². The Morgan fingerprint density at radius 1 is 1.25 bits per heavy atom. The van der Waals surface area contributed by atoms with Crippen molar-refractivity contribution < 1.29 is 22.7 Å². The van der Waals surface area contributed by atoms with Crippen LogP contribution in [0.25, 0.3) is 11.0 Å². The van der Waals surface area contributed by atoms with Gasteiger partial charge in [-0.25, -0.2) is 0 Å². The molecule has 1 N–H and O–H groups in total. The van der Waals surface area contributed by atoms with Crippen molar-refractivity contribution in [2.45, 2.75) is 33.1 Å². The molecule has 0 spiro atoms. The van der Waals surface area contributed by atoms with Gasteiger partial charge in [0.15, 0.2) is 11.8 Å². The number of aryl methyl sites for hydroxylation is 3. The molecule has 0 fully saturated rings. The first kappa shape index (κ1) is 19.7. The Morgan fingerprint density at radius 3 is 2.57 bits per heavy atom. The molecule has 2 heterocycles. The molecule has 1 aromatic carbocycles. The van der Waals surface area contributed by atoms with Crippen molar-refractivity contribution in [1.29, 1.82) is 0 Å². The van der Waals surface area contributed by atoms with E-state index in [0.29, 0.717) is 5.69 Å². The molecule has 0 aliphatic heterocycles. The number of fused-ring (bicyclic) bond motifs is 1. The second-order valence-electron chi connectivity index (χ2n) is 6.48. The number of anilines is 1. The molecule has 0 saturated heterocycles. The molecule has 0 saturated carbocycles. The minimum atomic E-state index is -4.61. The monoisotopic (exact) mass is 392 g/mol. The van der Waals surface area contributed by atoms with Gasteiger partial charge in [0, 0.05) is 18.8 Å². The highest BCUT2D eigenvalue weighted by atomic mass is 19.4. The van der Waals surface area contributed by atoms with Gasteiger partial charge in [-0.2, -0.15) is 23.3 Å². The van der Waals surface area contributed by atoms with E-state index in [2.05, 4.69) is 15.4 Å². The highest BCUT2D eigenvalue weighted by molar-refractivity contribution is 5.94. The Balaban J connectivity index is 1.90. The highest BCUT2D eigenvalue weighted by Gasteiger charge is 2.36. The maximum atomic E-state index is 13.5. The summed E-state index contributed by atoms with van der Waals surface area (Å²) >= 11 is 0. The van der Waals surface area contributed by atoms with Gasteiger partial charge in [-0.1, -0.05) is 18.2 Å². The number of nitrogens with zero attached hydrogens (tertiary/aromatic N) is 3. The van der Waals surface area contributed by atoms with E-state index in [1.807, 2.05) is 19.1 Å². The third kappa shape index (κ3) is 3.78. The third-order valence-electron chi connectivity index (χ3n) is 4.32.